The minimum absolute atomic E-state index is 0.238. The van der Waals surface area contributed by atoms with E-state index in [1.165, 1.54) is 173 Å². The Morgan fingerprint density at radius 2 is 0.583 bits per heavy atom. The van der Waals surface area contributed by atoms with Crippen molar-refractivity contribution in [2.24, 2.45) is 0 Å². The van der Waals surface area contributed by atoms with Crippen LogP contribution in [-0.2, 0) is 38.1 Å². The van der Waals surface area contributed by atoms with Crippen LogP contribution < -0.4 is 0 Å². The summed E-state index contributed by atoms with van der Waals surface area (Å²) in [5, 5.41) is 45.1. The summed E-state index contributed by atoms with van der Waals surface area (Å²) in [7, 11) is 0. The van der Waals surface area contributed by atoms with Crippen molar-refractivity contribution in [1.82, 2.24) is 0 Å². The highest BCUT2D eigenvalue weighted by molar-refractivity contribution is 5.89. The molecule has 0 saturated heterocycles. The molecule has 4 N–H and O–H groups in total. The number of hydrogen-bond donors (Lipinski definition) is 4. The molecule has 422 valence electrons. The van der Waals surface area contributed by atoms with Crippen LogP contribution in [0, 0.1) is 0 Å². The van der Waals surface area contributed by atoms with Gasteiger partial charge in [0.15, 0.2) is 5.76 Å². The Kier molecular flexibility index (Phi) is 42.5. The molecule has 0 amide bonds. The second-order valence-electron chi connectivity index (χ2n) is 21.3. The Bertz CT molecular complexity index is 1330. The molecule has 1 rings (SSSR count). The third-order valence-electron chi connectivity index (χ3n) is 14.4. The molecule has 12 nitrogen and oxygen atoms in total. The zero-order valence-electron chi connectivity index (χ0n) is 46.6. The fraction of sp³-hybridized carbons (Fsp3) is 0.900. The van der Waals surface area contributed by atoms with Crippen molar-refractivity contribution in [2.45, 2.75) is 347 Å². The maximum Gasteiger partial charge on any atom is 0.448 e. The lowest BCUT2D eigenvalue weighted by molar-refractivity contribution is -0.457. The molecule has 1 aliphatic heterocycles. The lowest BCUT2D eigenvalue weighted by Crippen LogP contribution is -2.67. The molecule has 72 heavy (non-hydrogen) atoms. The number of esters is 4. The summed E-state index contributed by atoms with van der Waals surface area (Å²) in [5.74, 6) is -14.8. The van der Waals surface area contributed by atoms with Crippen molar-refractivity contribution in [3.8, 4) is 0 Å². The second kappa shape index (κ2) is 45.5. The zero-order valence-corrected chi connectivity index (χ0v) is 46.6. The van der Waals surface area contributed by atoms with Crippen LogP contribution >= 0.6 is 0 Å². The van der Waals surface area contributed by atoms with Crippen molar-refractivity contribution in [2.75, 3.05) is 0 Å². The van der Waals surface area contributed by atoms with E-state index in [9.17, 15) is 39.6 Å². The van der Waals surface area contributed by atoms with Crippen LogP contribution in [0.1, 0.15) is 329 Å². The molecular weight excluding hydrogens is 913 g/mol. The second-order valence-corrected chi connectivity index (χ2v) is 21.3. The summed E-state index contributed by atoms with van der Waals surface area (Å²) in [5.41, 5.74) is 0. The Hall–Kier alpha value is -2.86. The highest BCUT2D eigenvalue weighted by Gasteiger charge is 2.70. The molecule has 0 aliphatic carbocycles. The molecule has 0 saturated carbocycles. The largest absolute Gasteiger partial charge is 0.505 e. The molecule has 0 radical (unpaired) electrons. The third kappa shape index (κ3) is 33.1. The lowest BCUT2D eigenvalue weighted by atomic mass is 10.0. The van der Waals surface area contributed by atoms with Crippen LogP contribution in [0.4, 0.5) is 0 Å². The standard InChI is InChI=1S/C60H110O12/c1-4-7-10-13-16-19-22-25-28-31-34-37-40-43-46-49-52(61)70-59(67,57-55(64)56(65)58(66)69-57)60(68,71-53(62)50-47-44-41-38-35-32-29-26-23-20-17-14-11-8-5-2)72-54(63)51-48-45-42-39-36-33-30-27-24-21-18-15-12-9-6-3/h57,64-65,67-68H,4-51H2,1-3H3/t57-,59-/m0/s1. The number of aliphatic hydroxyl groups excluding tert-OH is 2. The highest BCUT2D eigenvalue weighted by atomic mass is 16.9. The van der Waals surface area contributed by atoms with Crippen molar-refractivity contribution >= 4 is 23.9 Å². The van der Waals surface area contributed by atoms with Crippen molar-refractivity contribution < 1.29 is 58.6 Å². The monoisotopic (exact) mass is 1020 g/mol. The van der Waals surface area contributed by atoms with Gasteiger partial charge in [0.2, 0.25) is 11.9 Å². The number of rotatable bonds is 53. The molecule has 1 heterocycles. The van der Waals surface area contributed by atoms with Gasteiger partial charge in [-0.05, 0) is 19.3 Å². The van der Waals surface area contributed by atoms with E-state index in [1.54, 1.807) is 0 Å². The van der Waals surface area contributed by atoms with Gasteiger partial charge in [-0.25, -0.2) is 4.79 Å². The highest BCUT2D eigenvalue weighted by Crippen LogP contribution is 2.39. The molecule has 12 heteroatoms. The Balaban J connectivity index is 2.81. The summed E-state index contributed by atoms with van der Waals surface area (Å²) < 4.78 is 21.0. The summed E-state index contributed by atoms with van der Waals surface area (Å²) in [6, 6.07) is 0. The quantitative estimate of drug-likeness (QED) is 0.0196. The van der Waals surface area contributed by atoms with E-state index in [0.29, 0.717) is 38.5 Å². The van der Waals surface area contributed by atoms with Gasteiger partial charge in [-0.1, -0.05) is 290 Å². The predicted molar refractivity (Wildman–Crippen MR) is 289 cm³/mol. The van der Waals surface area contributed by atoms with E-state index in [0.717, 1.165) is 77.0 Å². The van der Waals surface area contributed by atoms with E-state index in [4.69, 9.17) is 18.9 Å². The molecule has 1 aliphatic rings. The third-order valence-corrected chi connectivity index (χ3v) is 14.4. The first-order valence-electron chi connectivity index (χ1n) is 30.4. The van der Waals surface area contributed by atoms with Gasteiger partial charge in [-0.2, -0.15) is 0 Å². The first kappa shape index (κ1) is 67.2. The molecule has 0 fully saturated rings. The fourth-order valence-electron chi connectivity index (χ4n) is 9.72. The van der Waals surface area contributed by atoms with E-state index in [-0.39, 0.29) is 19.3 Å². The number of unbranched alkanes of at least 4 members (excludes halogenated alkanes) is 42. The average Bonchev–Trinajstić information content (AvgIpc) is 3.62. The molecule has 0 bridgehead atoms. The van der Waals surface area contributed by atoms with Gasteiger partial charge < -0.3 is 39.4 Å². The summed E-state index contributed by atoms with van der Waals surface area (Å²) in [6.07, 6.45) is 47.2. The van der Waals surface area contributed by atoms with Gasteiger partial charge in [0.05, 0.1) is 0 Å². The molecule has 0 spiro atoms. The Morgan fingerprint density at radius 3 is 0.792 bits per heavy atom. The van der Waals surface area contributed by atoms with Gasteiger partial charge in [0, 0.05) is 19.3 Å². The average molecular weight is 1020 g/mol. The first-order chi connectivity index (χ1) is 35.0. The molecule has 0 aromatic rings. The minimum atomic E-state index is -3.76. The number of hydrogen-bond acceptors (Lipinski definition) is 12. The number of cyclic esters (lactones) is 1. The molecule has 0 aromatic carbocycles. The van der Waals surface area contributed by atoms with Crippen molar-refractivity contribution in [3.63, 3.8) is 0 Å². The van der Waals surface area contributed by atoms with Gasteiger partial charge in [0.1, 0.15) is 0 Å². The van der Waals surface area contributed by atoms with Crippen molar-refractivity contribution in [3.05, 3.63) is 11.5 Å². The molecule has 0 aromatic heterocycles. The number of aliphatic hydroxyl groups is 4. The predicted octanol–water partition coefficient (Wildman–Crippen LogP) is 17.0. The van der Waals surface area contributed by atoms with E-state index in [1.807, 2.05) is 0 Å². The van der Waals surface area contributed by atoms with E-state index in [2.05, 4.69) is 20.8 Å². The Morgan fingerprint density at radius 1 is 0.375 bits per heavy atom. The lowest BCUT2D eigenvalue weighted by Gasteiger charge is -2.41. The topological polar surface area (TPSA) is 186 Å². The maximum atomic E-state index is 13.4. The number of carbonyl (C=O) groups is 4. The van der Waals surface area contributed by atoms with Crippen LogP contribution in [0.15, 0.2) is 11.5 Å². The Labute approximate surface area is 439 Å². The summed E-state index contributed by atoms with van der Waals surface area (Å²) in [4.78, 5) is 52.7. The first-order valence-corrected chi connectivity index (χ1v) is 30.4. The van der Waals surface area contributed by atoms with Gasteiger partial charge in [0.25, 0.3) is 0 Å². The van der Waals surface area contributed by atoms with E-state index >= 15 is 0 Å². The van der Waals surface area contributed by atoms with Gasteiger partial charge >= 0.3 is 35.6 Å². The van der Waals surface area contributed by atoms with Gasteiger partial charge in [-0.15, -0.1) is 0 Å². The van der Waals surface area contributed by atoms with Crippen LogP contribution in [0.2, 0.25) is 0 Å². The van der Waals surface area contributed by atoms with Crippen LogP contribution in [0.5, 0.6) is 0 Å². The van der Waals surface area contributed by atoms with Crippen molar-refractivity contribution in [1.29, 1.82) is 0 Å². The molecular formula is C60H110O12. The summed E-state index contributed by atoms with van der Waals surface area (Å²) >= 11 is 0. The van der Waals surface area contributed by atoms with Crippen LogP contribution in [0.25, 0.3) is 0 Å². The molecule has 0 unspecified atom stereocenters. The zero-order chi connectivity index (χ0) is 52.8. The summed E-state index contributed by atoms with van der Waals surface area (Å²) in [6.45, 7) is 6.71. The number of ether oxygens (including phenoxy) is 4. The minimum Gasteiger partial charge on any atom is -0.505 e. The SMILES string of the molecule is CCCCCCCCCCCCCCCCCC(=O)OC(O)(OC(=O)CCCCCCCCCCCCCCCCC)[C@@](O)(OC(=O)CCCCCCCCCCCCCCCCC)[C@H]1OC(=O)C(O)=C1O. The molecule has 2 atom stereocenters. The normalized spacial score (nSPS) is 14.7. The van der Waals surface area contributed by atoms with Gasteiger partial charge in [-0.3, -0.25) is 14.4 Å². The van der Waals surface area contributed by atoms with Crippen LogP contribution in [0.3, 0.4) is 0 Å². The smallest absolute Gasteiger partial charge is 0.448 e. The number of carbonyl (C=O) groups excluding carboxylic acids is 4. The fourth-order valence-corrected chi connectivity index (χ4v) is 9.72. The maximum absolute atomic E-state index is 13.4. The van der Waals surface area contributed by atoms with Crippen LogP contribution in [-0.4, -0.2) is 62.2 Å². The van der Waals surface area contributed by atoms with E-state index < -0.39 is 53.3 Å².